The molecule has 0 unspecified atom stereocenters. The van der Waals surface area contributed by atoms with E-state index in [9.17, 15) is 9.59 Å². The second-order valence-corrected chi connectivity index (χ2v) is 10.2. The van der Waals surface area contributed by atoms with Gasteiger partial charge in [-0.15, -0.1) is 0 Å². The van der Waals surface area contributed by atoms with Crippen molar-refractivity contribution < 1.29 is 19.1 Å². The van der Waals surface area contributed by atoms with E-state index in [-0.39, 0.29) is 24.5 Å². The van der Waals surface area contributed by atoms with E-state index in [1.807, 2.05) is 6.08 Å². The van der Waals surface area contributed by atoms with E-state index < -0.39 is 0 Å². The van der Waals surface area contributed by atoms with Gasteiger partial charge in [-0.2, -0.15) is 0 Å². The van der Waals surface area contributed by atoms with E-state index in [0.29, 0.717) is 30.8 Å². The van der Waals surface area contributed by atoms with Gasteiger partial charge < -0.3 is 9.47 Å². The van der Waals surface area contributed by atoms with Crippen LogP contribution in [0.5, 0.6) is 0 Å². The first kappa shape index (κ1) is 27.7. The van der Waals surface area contributed by atoms with Crippen LogP contribution in [0.3, 0.4) is 0 Å². The molecule has 0 bridgehead atoms. The highest BCUT2D eigenvalue weighted by Crippen LogP contribution is 2.38. The first-order valence-corrected chi connectivity index (χ1v) is 12.8. The Morgan fingerprint density at radius 3 is 2.06 bits per heavy atom. The molecular formula is C27H48O4. The van der Waals surface area contributed by atoms with Crippen molar-refractivity contribution in [3.05, 3.63) is 12.2 Å². The lowest BCUT2D eigenvalue weighted by atomic mass is 9.72. The van der Waals surface area contributed by atoms with Crippen LogP contribution in [-0.4, -0.2) is 24.6 Å². The van der Waals surface area contributed by atoms with Crippen molar-refractivity contribution in [3.63, 3.8) is 0 Å². The summed E-state index contributed by atoms with van der Waals surface area (Å²) in [5, 5.41) is 0. The second kappa shape index (κ2) is 16.3. The van der Waals surface area contributed by atoms with Gasteiger partial charge in [0, 0.05) is 12.8 Å². The molecule has 1 saturated carbocycles. The Bertz CT molecular complexity index is 510. The SMILES string of the molecule is CCCCCCCCC/C=C\COC(=O)CCCC(=O)OC1CCC(C(C)(C)C)CC1. The van der Waals surface area contributed by atoms with E-state index >= 15 is 0 Å². The van der Waals surface area contributed by atoms with Crippen LogP contribution in [-0.2, 0) is 19.1 Å². The minimum Gasteiger partial charge on any atom is -0.462 e. The van der Waals surface area contributed by atoms with Crippen molar-refractivity contribution in [2.45, 2.75) is 130 Å². The number of hydrogen-bond acceptors (Lipinski definition) is 4. The van der Waals surface area contributed by atoms with Crippen LogP contribution < -0.4 is 0 Å². The van der Waals surface area contributed by atoms with Crippen LogP contribution in [0.1, 0.15) is 124 Å². The molecule has 1 aliphatic carbocycles. The standard InChI is InChI=1S/C27H48O4/c1-5-6-7-8-9-10-11-12-13-14-22-30-25(28)16-15-17-26(29)31-24-20-18-23(19-21-24)27(2,3)4/h13-14,23-24H,5-12,15-22H2,1-4H3/b14-13-. The Morgan fingerprint density at radius 1 is 0.806 bits per heavy atom. The highest BCUT2D eigenvalue weighted by molar-refractivity contribution is 5.72. The Kier molecular flexibility index (Phi) is 14.6. The third-order valence-corrected chi connectivity index (χ3v) is 6.44. The summed E-state index contributed by atoms with van der Waals surface area (Å²) in [6.45, 7) is 9.43. The van der Waals surface area contributed by atoms with Crippen LogP contribution in [0.2, 0.25) is 0 Å². The van der Waals surface area contributed by atoms with Crippen LogP contribution in [0.4, 0.5) is 0 Å². The van der Waals surface area contributed by atoms with Crippen LogP contribution in [0.15, 0.2) is 12.2 Å². The zero-order valence-electron chi connectivity index (χ0n) is 20.8. The highest BCUT2D eigenvalue weighted by atomic mass is 16.5. The van der Waals surface area contributed by atoms with Gasteiger partial charge in [-0.3, -0.25) is 9.59 Å². The van der Waals surface area contributed by atoms with E-state index in [4.69, 9.17) is 9.47 Å². The normalized spacial score (nSPS) is 19.5. The van der Waals surface area contributed by atoms with Crippen molar-refractivity contribution in [3.8, 4) is 0 Å². The Balaban J connectivity index is 1.97. The molecule has 1 aliphatic rings. The molecule has 0 aliphatic heterocycles. The third kappa shape index (κ3) is 14.4. The zero-order chi connectivity index (χ0) is 23.0. The van der Waals surface area contributed by atoms with Gasteiger partial charge in [0.15, 0.2) is 0 Å². The summed E-state index contributed by atoms with van der Waals surface area (Å²) in [6.07, 6.45) is 19.5. The van der Waals surface area contributed by atoms with E-state index in [1.165, 1.54) is 44.9 Å². The van der Waals surface area contributed by atoms with Crippen LogP contribution in [0, 0.1) is 11.3 Å². The monoisotopic (exact) mass is 436 g/mol. The first-order chi connectivity index (χ1) is 14.8. The first-order valence-electron chi connectivity index (χ1n) is 12.8. The summed E-state index contributed by atoms with van der Waals surface area (Å²) in [6, 6.07) is 0. The van der Waals surface area contributed by atoms with Gasteiger partial charge in [-0.1, -0.05) is 78.4 Å². The number of hydrogen-bond donors (Lipinski definition) is 0. The fraction of sp³-hybridized carbons (Fsp3) is 0.852. The summed E-state index contributed by atoms with van der Waals surface area (Å²) in [7, 11) is 0. The number of carbonyl (C=O) groups excluding carboxylic acids is 2. The van der Waals surface area contributed by atoms with Crippen molar-refractivity contribution in [1.29, 1.82) is 0 Å². The molecule has 4 nitrogen and oxygen atoms in total. The fourth-order valence-electron chi connectivity index (χ4n) is 4.29. The summed E-state index contributed by atoms with van der Waals surface area (Å²) in [5.74, 6) is 0.294. The van der Waals surface area contributed by atoms with E-state index in [0.717, 1.165) is 32.1 Å². The van der Waals surface area contributed by atoms with Gasteiger partial charge in [0.05, 0.1) is 0 Å². The molecular weight excluding hydrogens is 388 g/mol. The van der Waals surface area contributed by atoms with Gasteiger partial charge in [0.2, 0.25) is 0 Å². The maximum atomic E-state index is 12.0. The van der Waals surface area contributed by atoms with Gasteiger partial charge in [0.25, 0.3) is 0 Å². The maximum absolute atomic E-state index is 12.0. The quantitative estimate of drug-likeness (QED) is 0.151. The summed E-state index contributed by atoms with van der Waals surface area (Å²) in [5.41, 5.74) is 0.332. The lowest BCUT2D eigenvalue weighted by molar-refractivity contribution is -0.151. The second-order valence-electron chi connectivity index (χ2n) is 10.2. The minimum atomic E-state index is -0.237. The third-order valence-electron chi connectivity index (χ3n) is 6.44. The van der Waals surface area contributed by atoms with E-state index in [2.05, 4.69) is 33.8 Å². The van der Waals surface area contributed by atoms with Crippen molar-refractivity contribution >= 4 is 11.9 Å². The molecule has 0 aromatic heterocycles. The maximum Gasteiger partial charge on any atom is 0.306 e. The molecule has 180 valence electrons. The Morgan fingerprint density at radius 2 is 1.42 bits per heavy atom. The molecule has 0 N–H and O–H groups in total. The summed E-state index contributed by atoms with van der Waals surface area (Å²) in [4.78, 5) is 23.8. The Hall–Kier alpha value is -1.32. The molecule has 0 amide bonds. The lowest BCUT2D eigenvalue weighted by Gasteiger charge is -2.36. The smallest absolute Gasteiger partial charge is 0.306 e. The number of rotatable bonds is 15. The zero-order valence-corrected chi connectivity index (χ0v) is 20.8. The minimum absolute atomic E-state index is 0.0551. The van der Waals surface area contributed by atoms with Gasteiger partial charge in [-0.05, 0) is 56.3 Å². The molecule has 0 radical (unpaired) electrons. The van der Waals surface area contributed by atoms with Gasteiger partial charge >= 0.3 is 11.9 Å². The predicted molar refractivity (Wildman–Crippen MR) is 128 cm³/mol. The topological polar surface area (TPSA) is 52.6 Å². The molecule has 0 aromatic carbocycles. The average molecular weight is 437 g/mol. The van der Waals surface area contributed by atoms with Gasteiger partial charge in [-0.25, -0.2) is 0 Å². The molecule has 31 heavy (non-hydrogen) atoms. The van der Waals surface area contributed by atoms with E-state index in [1.54, 1.807) is 0 Å². The largest absolute Gasteiger partial charge is 0.462 e. The molecule has 0 atom stereocenters. The van der Waals surface area contributed by atoms with Crippen molar-refractivity contribution in [2.75, 3.05) is 6.61 Å². The number of unbranched alkanes of at least 4 members (excludes halogenated alkanes) is 7. The van der Waals surface area contributed by atoms with Gasteiger partial charge in [0.1, 0.15) is 12.7 Å². The average Bonchev–Trinajstić information content (AvgIpc) is 2.71. The fourth-order valence-corrected chi connectivity index (χ4v) is 4.29. The predicted octanol–water partition coefficient (Wildman–Crippen LogP) is 7.54. The number of carbonyl (C=O) groups is 2. The van der Waals surface area contributed by atoms with Crippen LogP contribution >= 0.6 is 0 Å². The molecule has 1 rings (SSSR count). The molecule has 1 fully saturated rings. The highest BCUT2D eigenvalue weighted by Gasteiger charge is 2.30. The van der Waals surface area contributed by atoms with Crippen molar-refractivity contribution in [1.82, 2.24) is 0 Å². The Labute approximate surface area is 191 Å². The molecule has 0 aromatic rings. The summed E-state index contributed by atoms with van der Waals surface area (Å²) < 4.78 is 10.8. The molecule has 0 heterocycles. The lowest BCUT2D eigenvalue weighted by Crippen LogP contribution is -2.30. The van der Waals surface area contributed by atoms with Crippen molar-refractivity contribution in [2.24, 2.45) is 11.3 Å². The number of ether oxygens (including phenoxy) is 2. The molecule has 0 spiro atoms. The van der Waals surface area contributed by atoms with Crippen LogP contribution in [0.25, 0.3) is 0 Å². The molecule has 0 saturated heterocycles. The summed E-state index contributed by atoms with van der Waals surface area (Å²) >= 11 is 0. The number of esters is 2. The number of allylic oxidation sites excluding steroid dienone is 1. The molecule has 4 heteroatoms.